The van der Waals surface area contributed by atoms with E-state index in [0.717, 1.165) is 5.56 Å². The summed E-state index contributed by atoms with van der Waals surface area (Å²) in [5.41, 5.74) is 1.36. The molecule has 1 heterocycles. The Labute approximate surface area is 159 Å². The summed E-state index contributed by atoms with van der Waals surface area (Å²) in [5.74, 6) is -2.42. The van der Waals surface area contributed by atoms with E-state index >= 15 is 0 Å². The molecule has 1 saturated heterocycles. The van der Waals surface area contributed by atoms with Crippen molar-refractivity contribution in [3.63, 3.8) is 0 Å². The van der Waals surface area contributed by atoms with Crippen LogP contribution < -0.4 is 5.32 Å². The monoisotopic (exact) mass is 398 g/mol. The standard InChI is InChI=1S/C18H27N2O6P/c1-4-25-27(23,26-5-2)17(18(22)20-10-12-24-13-11-20)19-16(21)15-8-6-14(3)7-9-15/h6-9,17H,4-5,10-13H2,1-3H3,(H,19,21)/t17-/m1/s1. The number of carbonyl (C=O) groups is 2. The zero-order valence-corrected chi connectivity index (χ0v) is 16.9. The van der Waals surface area contributed by atoms with Crippen LogP contribution in [-0.2, 0) is 23.1 Å². The molecule has 0 spiro atoms. The van der Waals surface area contributed by atoms with Crippen LogP contribution in [0, 0.1) is 6.92 Å². The third kappa shape index (κ3) is 5.62. The molecule has 1 aromatic carbocycles. The van der Waals surface area contributed by atoms with E-state index in [4.69, 9.17) is 13.8 Å². The number of hydrogen-bond donors (Lipinski definition) is 1. The highest BCUT2D eigenvalue weighted by molar-refractivity contribution is 7.55. The van der Waals surface area contributed by atoms with Gasteiger partial charge in [-0.1, -0.05) is 17.7 Å². The second kappa shape index (κ2) is 9.99. The Morgan fingerprint density at radius 3 is 2.22 bits per heavy atom. The molecule has 1 aliphatic rings. The lowest BCUT2D eigenvalue weighted by Gasteiger charge is -2.33. The van der Waals surface area contributed by atoms with Crippen LogP contribution in [0.5, 0.6) is 0 Å². The molecular weight excluding hydrogens is 371 g/mol. The van der Waals surface area contributed by atoms with Gasteiger partial charge in [0.1, 0.15) is 0 Å². The van der Waals surface area contributed by atoms with E-state index in [-0.39, 0.29) is 13.2 Å². The van der Waals surface area contributed by atoms with Crippen molar-refractivity contribution in [3.05, 3.63) is 35.4 Å². The van der Waals surface area contributed by atoms with Crippen molar-refractivity contribution < 1.29 is 27.9 Å². The Morgan fingerprint density at radius 2 is 1.70 bits per heavy atom. The maximum absolute atomic E-state index is 13.3. The van der Waals surface area contributed by atoms with Crippen molar-refractivity contribution in [2.75, 3.05) is 39.5 Å². The minimum atomic E-state index is -3.90. The summed E-state index contributed by atoms with van der Waals surface area (Å²) in [4.78, 5) is 27.2. The molecule has 1 N–H and O–H groups in total. The normalized spacial score (nSPS) is 16.0. The Hall–Kier alpha value is -1.73. The average molecular weight is 398 g/mol. The van der Waals surface area contributed by atoms with Gasteiger partial charge in [-0.2, -0.15) is 0 Å². The number of morpholine rings is 1. The summed E-state index contributed by atoms with van der Waals surface area (Å²) >= 11 is 0. The smallest absolute Gasteiger partial charge is 0.362 e. The van der Waals surface area contributed by atoms with Gasteiger partial charge in [-0.15, -0.1) is 0 Å². The molecule has 1 aromatic rings. The van der Waals surface area contributed by atoms with E-state index in [9.17, 15) is 14.2 Å². The third-order valence-corrected chi connectivity index (χ3v) is 6.29. The number of ether oxygens (including phenoxy) is 1. The molecule has 1 atom stereocenters. The maximum atomic E-state index is 13.3. The number of hydrogen-bond acceptors (Lipinski definition) is 6. The van der Waals surface area contributed by atoms with E-state index in [0.29, 0.717) is 31.9 Å². The van der Waals surface area contributed by atoms with Gasteiger partial charge >= 0.3 is 7.60 Å². The number of carbonyl (C=O) groups excluding carboxylic acids is 2. The Bertz CT molecular complexity index is 678. The summed E-state index contributed by atoms with van der Waals surface area (Å²) in [6.45, 7) is 6.88. The second-order valence-corrected chi connectivity index (χ2v) is 8.17. The minimum absolute atomic E-state index is 0.0879. The predicted molar refractivity (Wildman–Crippen MR) is 101 cm³/mol. The van der Waals surface area contributed by atoms with Gasteiger partial charge in [0.15, 0.2) is 0 Å². The highest BCUT2D eigenvalue weighted by Crippen LogP contribution is 2.52. The molecule has 1 aliphatic heterocycles. The van der Waals surface area contributed by atoms with E-state index in [2.05, 4.69) is 5.32 Å². The van der Waals surface area contributed by atoms with Crippen molar-refractivity contribution in [1.29, 1.82) is 0 Å². The van der Waals surface area contributed by atoms with E-state index < -0.39 is 25.2 Å². The van der Waals surface area contributed by atoms with Gasteiger partial charge < -0.3 is 24.0 Å². The molecule has 2 rings (SSSR count). The van der Waals surface area contributed by atoms with Crippen molar-refractivity contribution in [2.45, 2.75) is 26.6 Å². The average Bonchev–Trinajstić information content (AvgIpc) is 2.67. The summed E-state index contributed by atoms with van der Waals surface area (Å²) in [5, 5.41) is 2.58. The molecule has 0 saturated carbocycles. The van der Waals surface area contributed by atoms with Gasteiger partial charge in [0.2, 0.25) is 5.78 Å². The Balaban J connectivity index is 2.29. The predicted octanol–water partition coefficient (Wildman–Crippen LogP) is 2.18. The minimum Gasteiger partial charge on any atom is -0.378 e. The summed E-state index contributed by atoms with van der Waals surface area (Å²) in [6.07, 6.45) is 0. The molecule has 0 radical (unpaired) electrons. The quantitative estimate of drug-likeness (QED) is 0.675. The molecule has 0 aromatic heterocycles. The van der Waals surface area contributed by atoms with Gasteiger partial charge in [0.25, 0.3) is 11.8 Å². The first-order chi connectivity index (χ1) is 12.9. The molecule has 0 unspecified atom stereocenters. The first kappa shape index (κ1) is 21.6. The fourth-order valence-corrected chi connectivity index (χ4v) is 4.49. The van der Waals surface area contributed by atoms with Crippen LogP contribution in [0.2, 0.25) is 0 Å². The fourth-order valence-electron chi connectivity index (χ4n) is 2.69. The molecule has 150 valence electrons. The second-order valence-electron chi connectivity index (χ2n) is 6.06. The first-order valence-corrected chi connectivity index (χ1v) is 10.6. The summed E-state index contributed by atoms with van der Waals surface area (Å²) in [6, 6.07) is 6.87. The topological polar surface area (TPSA) is 94.2 Å². The molecule has 2 amide bonds. The number of rotatable bonds is 8. The molecule has 0 aliphatic carbocycles. The zero-order valence-electron chi connectivity index (χ0n) is 16.0. The van der Waals surface area contributed by atoms with Crippen molar-refractivity contribution >= 4 is 19.4 Å². The first-order valence-electron chi connectivity index (χ1n) is 9.04. The molecule has 27 heavy (non-hydrogen) atoms. The number of amides is 2. The highest BCUT2D eigenvalue weighted by atomic mass is 31.2. The number of aryl methyl sites for hydroxylation is 1. The fraction of sp³-hybridized carbons (Fsp3) is 0.556. The molecule has 8 nitrogen and oxygen atoms in total. The lowest BCUT2D eigenvalue weighted by atomic mass is 10.1. The van der Waals surface area contributed by atoms with Crippen LogP contribution in [0.4, 0.5) is 0 Å². The van der Waals surface area contributed by atoms with Crippen LogP contribution in [0.15, 0.2) is 24.3 Å². The summed E-state index contributed by atoms with van der Waals surface area (Å²) < 4.78 is 29.2. The van der Waals surface area contributed by atoms with Gasteiger partial charge in [-0.3, -0.25) is 14.2 Å². The van der Waals surface area contributed by atoms with Crippen LogP contribution in [0.25, 0.3) is 0 Å². The molecule has 0 bridgehead atoms. The van der Waals surface area contributed by atoms with Gasteiger partial charge in [-0.05, 0) is 32.9 Å². The summed E-state index contributed by atoms with van der Waals surface area (Å²) in [7, 11) is -3.90. The number of nitrogens with zero attached hydrogens (tertiary/aromatic N) is 1. The van der Waals surface area contributed by atoms with Crippen LogP contribution in [0.3, 0.4) is 0 Å². The van der Waals surface area contributed by atoms with Crippen molar-refractivity contribution in [3.8, 4) is 0 Å². The van der Waals surface area contributed by atoms with Crippen LogP contribution in [-0.4, -0.2) is 62.0 Å². The molecule has 9 heteroatoms. The number of benzene rings is 1. The maximum Gasteiger partial charge on any atom is 0.362 e. The van der Waals surface area contributed by atoms with Gasteiger partial charge in [0, 0.05) is 18.7 Å². The van der Waals surface area contributed by atoms with Crippen LogP contribution >= 0.6 is 7.60 Å². The number of nitrogens with one attached hydrogen (secondary N) is 1. The van der Waals surface area contributed by atoms with Gasteiger partial charge in [-0.25, -0.2) is 0 Å². The Morgan fingerprint density at radius 1 is 1.15 bits per heavy atom. The molecule has 1 fully saturated rings. The SMILES string of the molecule is CCOP(=O)(OCC)[C@@H](NC(=O)c1ccc(C)cc1)C(=O)N1CCOCC1. The van der Waals surface area contributed by atoms with E-state index in [1.807, 2.05) is 6.92 Å². The molecular formula is C18H27N2O6P. The third-order valence-electron chi connectivity index (χ3n) is 4.07. The van der Waals surface area contributed by atoms with E-state index in [1.54, 1.807) is 38.1 Å². The highest BCUT2D eigenvalue weighted by Gasteiger charge is 2.44. The largest absolute Gasteiger partial charge is 0.378 e. The van der Waals surface area contributed by atoms with Crippen molar-refractivity contribution in [2.24, 2.45) is 0 Å². The lowest BCUT2D eigenvalue weighted by molar-refractivity contribution is -0.135. The van der Waals surface area contributed by atoms with E-state index in [1.165, 1.54) is 4.90 Å². The van der Waals surface area contributed by atoms with Gasteiger partial charge in [0.05, 0.1) is 26.4 Å². The lowest BCUT2D eigenvalue weighted by Crippen LogP contribution is -2.52. The Kier molecular flexibility index (Phi) is 7.98. The zero-order chi connectivity index (χ0) is 19.9. The van der Waals surface area contributed by atoms with Crippen molar-refractivity contribution in [1.82, 2.24) is 10.2 Å². The van der Waals surface area contributed by atoms with Crippen LogP contribution in [0.1, 0.15) is 29.8 Å².